The molecule has 0 aliphatic rings. The third-order valence-electron chi connectivity index (χ3n) is 7.78. The molecule has 4 heterocycles. The van der Waals surface area contributed by atoms with Crippen LogP contribution in [0.2, 0.25) is 0 Å². The summed E-state index contributed by atoms with van der Waals surface area (Å²) < 4.78 is 11.1. The van der Waals surface area contributed by atoms with Crippen LogP contribution in [-0.4, -0.2) is 25.7 Å². The largest absolute Gasteiger partial charge is 0.494 e. The van der Waals surface area contributed by atoms with Crippen molar-refractivity contribution in [2.45, 2.75) is 65.5 Å². The summed E-state index contributed by atoms with van der Waals surface area (Å²) in [5.74, 6) is 0.960. The fraction of sp³-hybridized carbons (Fsp3) is 0.333. The van der Waals surface area contributed by atoms with E-state index in [0.717, 1.165) is 50.4 Å². The number of hydrogen-bond donors (Lipinski definition) is 0. The van der Waals surface area contributed by atoms with Crippen LogP contribution >= 0.6 is 0 Å². The summed E-state index contributed by atoms with van der Waals surface area (Å²) in [4.78, 5) is 8.95. The summed E-state index contributed by atoms with van der Waals surface area (Å²) in [6.07, 6.45) is 12.7. The van der Waals surface area contributed by atoms with Gasteiger partial charge in [0.15, 0.2) is 0 Å². The molecule has 194 valence electrons. The smallest absolute Gasteiger partial charge is 0.121 e. The van der Waals surface area contributed by atoms with Gasteiger partial charge >= 0.3 is 0 Å². The summed E-state index contributed by atoms with van der Waals surface area (Å²) in [7, 11) is 0. The Hall–Kier alpha value is -3.86. The zero-order chi connectivity index (χ0) is 25.9. The van der Waals surface area contributed by atoms with Gasteiger partial charge in [0.2, 0.25) is 0 Å². The number of rotatable bonds is 11. The second-order valence-corrected chi connectivity index (χ2v) is 10.3. The first-order valence-electron chi connectivity index (χ1n) is 14.1. The number of hydrogen-bond acceptors (Lipinski definition) is 3. The Kier molecular flexibility index (Phi) is 7.00. The molecule has 4 aromatic heterocycles. The van der Waals surface area contributed by atoms with Crippen LogP contribution in [0.3, 0.4) is 0 Å². The minimum Gasteiger partial charge on any atom is -0.494 e. The van der Waals surface area contributed by atoms with Crippen LogP contribution in [-0.2, 0) is 13.1 Å². The molecule has 0 aliphatic carbocycles. The molecule has 0 N–H and O–H groups in total. The molecule has 0 aliphatic heterocycles. The second kappa shape index (κ2) is 10.9. The predicted octanol–water partition coefficient (Wildman–Crippen LogP) is 8.44. The van der Waals surface area contributed by atoms with Crippen LogP contribution in [0, 0.1) is 6.92 Å². The Bertz CT molecular complexity index is 1660. The van der Waals surface area contributed by atoms with Crippen molar-refractivity contribution in [2.75, 3.05) is 6.61 Å². The van der Waals surface area contributed by atoms with Crippen LogP contribution in [0.15, 0.2) is 73.2 Å². The van der Waals surface area contributed by atoms with Crippen LogP contribution in [0.25, 0.3) is 43.6 Å². The van der Waals surface area contributed by atoms with E-state index in [4.69, 9.17) is 4.74 Å². The van der Waals surface area contributed by atoms with Crippen LogP contribution in [0.4, 0.5) is 0 Å². The fourth-order valence-corrected chi connectivity index (χ4v) is 5.89. The lowest BCUT2D eigenvalue weighted by atomic mass is 10.1. The Balaban J connectivity index is 1.07. The number of aryl methyl sites for hydroxylation is 3. The highest BCUT2D eigenvalue weighted by molar-refractivity contribution is 6.09. The SMILES string of the molecule is CCCCn1c2cc(OCCCCCCn3c4ccccc4c4ccncc43)ccc2c2ccnc(C)c21. The van der Waals surface area contributed by atoms with Gasteiger partial charge in [-0.2, -0.15) is 0 Å². The van der Waals surface area contributed by atoms with E-state index in [1.165, 1.54) is 62.9 Å². The summed E-state index contributed by atoms with van der Waals surface area (Å²) in [5, 5.41) is 5.18. The molecule has 0 unspecified atom stereocenters. The number of benzene rings is 2. The molecule has 0 amide bonds. The third kappa shape index (κ3) is 4.51. The molecule has 0 saturated heterocycles. The van der Waals surface area contributed by atoms with Crippen molar-refractivity contribution in [1.82, 2.24) is 19.1 Å². The number of nitrogens with zero attached hydrogens (tertiary/aromatic N) is 4. The van der Waals surface area contributed by atoms with Crippen LogP contribution in [0.1, 0.15) is 51.1 Å². The summed E-state index contributed by atoms with van der Waals surface area (Å²) in [6, 6.07) is 19.5. The van der Waals surface area contributed by atoms with Gasteiger partial charge in [0, 0.05) is 58.6 Å². The van der Waals surface area contributed by atoms with Gasteiger partial charge in [0.1, 0.15) is 5.75 Å². The van der Waals surface area contributed by atoms with Gasteiger partial charge in [0.05, 0.1) is 35.0 Å². The minimum atomic E-state index is 0.751. The Labute approximate surface area is 224 Å². The lowest BCUT2D eigenvalue weighted by molar-refractivity contribution is 0.304. The zero-order valence-corrected chi connectivity index (χ0v) is 22.5. The van der Waals surface area contributed by atoms with E-state index >= 15 is 0 Å². The minimum absolute atomic E-state index is 0.751. The Morgan fingerprint density at radius 3 is 2.42 bits per heavy atom. The monoisotopic (exact) mass is 504 g/mol. The first-order valence-corrected chi connectivity index (χ1v) is 14.1. The number of para-hydroxylation sites is 1. The quantitative estimate of drug-likeness (QED) is 0.166. The van der Waals surface area contributed by atoms with E-state index in [0.29, 0.717) is 0 Å². The molecule has 0 atom stereocenters. The van der Waals surface area contributed by atoms with E-state index in [1.807, 2.05) is 18.6 Å². The molecule has 6 aromatic rings. The van der Waals surface area contributed by atoms with Crippen molar-refractivity contribution in [3.05, 3.63) is 78.9 Å². The topological polar surface area (TPSA) is 44.9 Å². The van der Waals surface area contributed by atoms with Gasteiger partial charge in [0.25, 0.3) is 0 Å². The number of ether oxygens (including phenoxy) is 1. The molecular formula is C33H36N4O. The van der Waals surface area contributed by atoms with Gasteiger partial charge in [-0.05, 0) is 56.5 Å². The van der Waals surface area contributed by atoms with Crippen molar-refractivity contribution >= 4 is 43.6 Å². The average molecular weight is 505 g/mol. The van der Waals surface area contributed by atoms with Crippen LogP contribution in [0.5, 0.6) is 5.75 Å². The highest BCUT2D eigenvalue weighted by atomic mass is 16.5. The number of fused-ring (bicyclic) bond motifs is 6. The lowest BCUT2D eigenvalue weighted by Gasteiger charge is -2.10. The van der Waals surface area contributed by atoms with Crippen molar-refractivity contribution in [1.29, 1.82) is 0 Å². The molecule has 0 saturated carbocycles. The summed E-state index contributed by atoms with van der Waals surface area (Å²) in [5.41, 5.74) is 6.13. The maximum absolute atomic E-state index is 6.23. The normalized spacial score (nSPS) is 11.8. The summed E-state index contributed by atoms with van der Waals surface area (Å²) in [6.45, 7) is 7.13. The standard InChI is InChI=1S/C33H36N4O/c1-3-4-19-37-31-22-25(13-14-27(31)29-16-18-35-24(2)33(29)37)38-21-10-6-5-9-20-36-30-12-8-7-11-26(30)28-15-17-34-23-32(28)36/h7-8,11-18,22-23H,3-6,9-10,19-21H2,1-2H3. The highest BCUT2D eigenvalue weighted by Crippen LogP contribution is 2.33. The predicted molar refractivity (Wildman–Crippen MR) is 158 cm³/mol. The van der Waals surface area contributed by atoms with E-state index in [2.05, 4.69) is 87.5 Å². The van der Waals surface area contributed by atoms with Crippen molar-refractivity contribution in [2.24, 2.45) is 0 Å². The van der Waals surface area contributed by atoms with E-state index in [1.54, 1.807) is 0 Å². The zero-order valence-electron chi connectivity index (χ0n) is 22.5. The molecule has 0 radical (unpaired) electrons. The number of pyridine rings is 2. The second-order valence-electron chi connectivity index (χ2n) is 10.3. The molecule has 2 aromatic carbocycles. The summed E-state index contributed by atoms with van der Waals surface area (Å²) >= 11 is 0. The molecular weight excluding hydrogens is 468 g/mol. The third-order valence-corrected chi connectivity index (χ3v) is 7.78. The van der Waals surface area contributed by atoms with Crippen molar-refractivity contribution in [3.8, 4) is 5.75 Å². The first-order chi connectivity index (χ1) is 18.8. The van der Waals surface area contributed by atoms with Gasteiger partial charge in [-0.15, -0.1) is 0 Å². The maximum atomic E-state index is 6.23. The average Bonchev–Trinajstić information content (AvgIpc) is 3.44. The van der Waals surface area contributed by atoms with E-state index < -0.39 is 0 Å². The van der Waals surface area contributed by atoms with Gasteiger partial charge < -0.3 is 13.9 Å². The molecule has 5 nitrogen and oxygen atoms in total. The fourth-order valence-electron chi connectivity index (χ4n) is 5.89. The Morgan fingerprint density at radius 2 is 1.50 bits per heavy atom. The Morgan fingerprint density at radius 1 is 0.711 bits per heavy atom. The number of unbranched alkanes of at least 4 members (excludes halogenated alkanes) is 4. The molecule has 0 fully saturated rings. The molecule has 0 bridgehead atoms. The lowest BCUT2D eigenvalue weighted by Crippen LogP contribution is -2.01. The molecule has 38 heavy (non-hydrogen) atoms. The number of aromatic nitrogens is 4. The van der Waals surface area contributed by atoms with Crippen molar-refractivity contribution in [3.63, 3.8) is 0 Å². The van der Waals surface area contributed by atoms with Crippen LogP contribution < -0.4 is 4.74 Å². The van der Waals surface area contributed by atoms with Gasteiger partial charge in [-0.25, -0.2) is 0 Å². The highest BCUT2D eigenvalue weighted by Gasteiger charge is 2.14. The first kappa shape index (κ1) is 24.5. The van der Waals surface area contributed by atoms with Gasteiger partial charge in [-0.3, -0.25) is 9.97 Å². The van der Waals surface area contributed by atoms with Crippen molar-refractivity contribution < 1.29 is 4.74 Å². The van der Waals surface area contributed by atoms with E-state index in [-0.39, 0.29) is 0 Å². The van der Waals surface area contributed by atoms with Gasteiger partial charge in [-0.1, -0.05) is 44.4 Å². The molecule has 0 spiro atoms. The molecule has 6 rings (SSSR count). The van der Waals surface area contributed by atoms with E-state index in [9.17, 15) is 0 Å². The molecule has 5 heteroatoms. The maximum Gasteiger partial charge on any atom is 0.121 e.